The maximum atomic E-state index is 12.9. The molecule has 32 heavy (non-hydrogen) atoms. The predicted octanol–water partition coefficient (Wildman–Crippen LogP) is 2.61. The number of amidine groups is 1. The molecule has 0 radical (unpaired) electrons. The molecule has 9 heteroatoms. The van der Waals surface area contributed by atoms with E-state index in [9.17, 15) is 4.79 Å². The molecule has 2 aromatic heterocycles. The molecule has 1 amide bonds. The quantitative estimate of drug-likeness (QED) is 0.275. The molecule has 160 valence electrons. The van der Waals surface area contributed by atoms with Gasteiger partial charge >= 0.3 is 0 Å². The van der Waals surface area contributed by atoms with Crippen LogP contribution in [0.5, 0.6) is 11.5 Å². The second-order valence-corrected chi connectivity index (χ2v) is 7.29. The molecule has 3 heterocycles. The molecule has 0 bridgehead atoms. The van der Waals surface area contributed by atoms with E-state index in [0.29, 0.717) is 41.1 Å². The highest BCUT2D eigenvalue weighted by Crippen LogP contribution is 2.35. The number of para-hydroxylation sites is 1. The minimum Gasteiger partial charge on any atom is -0.454 e. The Morgan fingerprint density at radius 2 is 2.09 bits per heavy atom. The highest BCUT2D eigenvalue weighted by atomic mass is 16.7. The number of benzene rings is 2. The van der Waals surface area contributed by atoms with Crippen LogP contribution in [0, 0.1) is 5.41 Å². The van der Waals surface area contributed by atoms with Gasteiger partial charge in [0.2, 0.25) is 6.79 Å². The fourth-order valence-corrected chi connectivity index (χ4v) is 3.66. The Kier molecular flexibility index (Phi) is 4.91. The number of rotatable bonds is 6. The van der Waals surface area contributed by atoms with E-state index in [1.54, 1.807) is 36.5 Å². The van der Waals surface area contributed by atoms with E-state index in [1.165, 1.54) is 0 Å². The van der Waals surface area contributed by atoms with Gasteiger partial charge in [0.1, 0.15) is 11.5 Å². The Morgan fingerprint density at radius 3 is 2.97 bits per heavy atom. The van der Waals surface area contributed by atoms with Gasteiger partial charge in [-0.2, -0.15) is 0 Å². The van der Waals surface area contributed by atoms with Gasteiger partial charge in [-0.1, -0.05) is 12.1 Å². The summed E-state index contributed by atoms with van der Waals surface area (Å²) in [6.07, 6.45) is 2.22. The maximum Gasteiger partial charge on any atom is 0.253 e. The summed E-state index contributed by atoms with van der Waals surface area (Å²) in [5.74, 6) is 1.65. The van der Waals surface area contributed by atoms with Crippen LogP contribution >= 0.6 is 0 Å². The van der Waals surface area contributed by atoms with Crippen LogP contribution in [0.1, 0.15) is 21.5 Å². The number of hydrogen-bond donors (Lipinski definition) is 4. The molecular weight excluding hydrogens is 408 g/mol. The number of nitrogens with zero attached hydrogens (tertiary/aromatic N) is 2. The summed E-state index contributed by atoms with van der Waals surface area (Å²) >= 11 is 0. The third-order valence-electron chi connectivity index (χ3n) is 5.23. The smallest absolute Gasteiger partial charge is 0.253 e. The zero-order valence-corrected chi connectivity index (χ0v) is 17.0. The van der Waals surface area contributed by atoms with E-state index >= 15 is 0 Å². The van der Waals surface area contributed by atoms with E-state index in [1.807, 2.05) is 18.2 Å². The maximum absolute atomic E-state index is 12.9. The first-order chi connectivity index (χ1) is 15.6. The van der Waals surface area contributed by atoms with Crippen molar-refractivity contribution in [2.24, 2.45) is 5.73 Å². The second kappa shape index (κ2) is 8.03. The number of carbonyl (C=O) groups is 1. The first-order valence-electron chi connectivity index (χ1n) is 10.1. The van der Waals surface area contributed by atoms with E-state index in [2.05, 4.69) is 20.3 Å². The van der Waals surface area contributed by atoms with Crippen molar-refractivity contribution >= 4 is 22.8 Å². The number of H-pyrrole nitrogens is 1. The summed E-state index contributed by atoms with van der Waals surface area (Å²) in [4.78, 5) is 25.0. The Morgan fingerprint density at radius 1 is 1.19 bits per heavy atom. The van der Waals surface area contributed by atoms with Crippen molar-refractivity contribution in [3.8, 4) is 23.0 Å². The van der Waals surface area contributed by atoms with E-state index in [0.717, 1.165) is 22.6 Å². The van der Waals surface area contributed by atoms with E-state index in [-0.39, 0.29) is 18.5 Å². The molecular formula is C23H20N6O3. The van der Waals surface area contributed by atoms with Gasteiger partial charge in [-0.25, -0.2) is 4.98 Å². The van der Waals surface area contributed by atoms with Crippen molar-refractivity contribution in [1.82, 2.24) is 20.3 Å². The summed E-state index contributed by atoms with van der Waals surface area (Å²) in [5, 5.41) is 10.5. The Labute approximate surface area is 183 Å². The van der Waals surface area contributed by atoms with Gasteiger partial charge in [-0.15, -0.1) is 0 Å². The number of hydrogen-bond acceptors (Lipinski definition) is 6. The van der Waals surface area contributed by atoms with Crippen molar-refractivity contribution in [2.45, 2.75) is 6.42 Å². The fourth-order valence-electron chi connectivity index (χ4n) is 3.66. The molecule has 0 fully saturated rings. The SMILES string of the molecule is N=C(N)c1ccc2[nH]c(-c3ncccc3C(=O)NCCc3cccc4c3OCO4)nc2c1. The molecule has 0 aliphatic carbocycles. The van der Waals surface area contributed by atoms with Gasteiger partial charge < -0.3 is 25.5 Å². The van der Waals surface area contributed by atoms with Crippen LogP contribution in [0.3, 0.4) is 0 Å². The zero-order chi connectivity index (χ0) is 22.1. The normalized spacial score (nSPS) is 12.1. The number of ether oxygens (including phenoxy) is 2. The minimum absolute atomic E-state index is 0.0321. The predicted molar refractivity (Wildman–Crippen MR) is 119 cm³/mol. The fraction of sp³-hybridized carbons (Fsp3) is 0.130. The number of nitrogens with two attached hydrogens (primary N) is 1. The average Bonchev–Trinajstić information content (AvgIpc) is 3.45. The standard InChI is InChI=1S/C23H20N6O3/c24-21(25)14-6-7-16-17(11-14)29-22(28-16)19-15(4-2-9-26-19)23(30)27-10-8-13-3-1-5-18-20(13)32-12-31-18/h1-7,9,11H,8,10,12H2,(H3,24,25)(H,27,30)(H,28,29). The third kappa shape index (κ3) is 3.60. The highest BCUT2D eigenvalue weighted by Gasteiger charge is 2.19. The van der Waals surface area contributed by atoms with Crippen LogP contribution in [0.2, 0.25) is 0 Å². The molecule has 0 spiro atoms. The van der Waals surface area contributed by atoms with Crippen LogP contribution in [0.25, 0.3) is 22.6 Å². The number of imidazole rings is 1. The lowest BCUT2D eigenvalue weighted by Crippen LogP contribution is -2.26. The van der Waals surface area contributed by atoms with Gasteiger partial charge in [-0.05, 0) is 48.4 Å². The van der Waals surface area contributed by atoms with Crippen LogP contribution in [-0.4, -0.2) is 40.0 Å². The van der Waals surface area contributed by atoms with Gasteiger partial charge in [0.05, 0.1) is 16.6 Å². The molecule has 5 N–H and O–H groups in total. The topological polar surface area (TPSA) is 139 Å². The molecule has 0 unspecified atom stereocenters. The third-order valence-corrected chi connectivity index (χ3v) is 5.23. The summed E-state index contributed by atoms with van der Waals surface area (Å²) in [6.45, 7) is 0.637. The molecule has 1 aliphatic rings. The molecule has 4 aromatic rings. The van der Waals surface area contributed by atoms with Crippen molar-refractivity contribution < 1.29 is 14.3 Å². The van der Waals surface area contributed by atoms with Crippen LogP contribution in [0.4, 0.5) is 0 Å². The first kappa shape index (κ1) is 19.6. The van der Waals surface area contributed by atoms with Gasteiger partial charge in [0.15, 0.2) is 17.3 Å². The lowest BCUT2D eigenvalue weighted by molar-refractivity contribution is 0.0954. The second-order valence-electron chi connectivity index (χ2n) is 7.29. The summed E-state index contributed by atoms with van der Waals surface area (Å²) < 4.78 is 10.9. The Bertz CT molecular complexity index is 1350. The van der Waals surface area contributed by atoms with Crippen molar-refractivity contribution in [3.05, 3.63) is 71.4 Å². The Balaban J connectivity index is 1.35. The molecule has 0 atom stereocenters. The molecule has 0 saturated carbocycles. The van der Waals surface area contributed by atoms with Crippen molar-refractivity contribution in [2.75, 3.05) is 13.3 Å². The number of aromatic nitrogens is 3. The van der Waals surface area contributed by atoms with Gasteiger partial charge in [-0.3, -0.25) is 15.2 Å². The molecule has 1 aliphatic heterocycles. The van der Waals surface area contributed by atoms with Gasteiger partial charge in [0, 0.05) is 18.3 Å². The Hall–Kier alpha value is -4.40. The van der Waals surface area contributed by atoms with Crippen molar-refractivity contribution in [3.63, 3.8) is 0 Å². The van der Waals surface area contributed by atoms with Crippen LogP contribution in [0.15, 0.2) is 54.7 Å². The van der Waals surface area contributed by atoms with E-state index in [4.69, 9.17) is 20.6 Å². The molecule has 0 saturated heterocycles. The summed E-state index contributed by atoms with van der Waals surface area (Å²) in [5.41, 5.74) is 9.40. The molecule has 5 rings (SSSR count). The van der Waals surface area contributed by atoms with Crippen LogP contribution in [-0.2, 0) is 6.42 Å². The number of nitrogens with one attached hydrogen (secondary N) is 3. The highest BCUT2D eigenvalue weighted by molar-refractivity contribution is 6.00. The lowest BCUT2D eigenvalue weighted by atomic mass is 10.1. The number of pyridine rings is 1. The molecule has 2 aromatic carbocycles. The lowest BCUT2D eigenvalue weighted by Gasteiger charge is -2.09. The number of fused-ring (bicyclic) bond motifs is 2. The average molecular weight is 428 g/mol. The van der Waals surface area contributed by atoms with Gasteiger partial charge in [0.25, 0.3) is 5.91 Å². The summed E-state index contributed by atoms with van der Waals surface area (Å²) in [7, 11) is 0. The largest absolute Gasteiger partial charge is 0.454 e. The number of aromatic amines is 1. The van der Waals surface area contributed by atoms with Crippen LogP contribution < -0.4 is 20.5 Å². The van der Waals surface area contributed by atoms with E-state index < -0.39 is 0 Å². The van der Waals surface area contributed by atoms with Crippen molar-refractivity contribution in [1.29, 1.82) is 5.41 Å². The molecule has 9 nitrogen and oxygen atoms in total. The zero-order valence-electron chi connectivity index (χ0n) is 17.0. The monoisotopic (exact) mass is 428 g/mol. The summed E-state index contributed by atoms with van der Waals surface area (Å²) in [6, 6.07) is 14.4. The number of carbonyl (C=O) groups excluding carboxylic acids is 1. The first-order valence-corrected chi connectivity index (χ1v) is 10.1. The number of amides is 1. The minimum atomic E-state index is -0.247. The number of nitrogen functional groups attached to an aromatic ring is 1.